The molecule has 2 saturated heterocycles. The highest BCUT2D eigenvalue weighted by Crippen LogP contribution is 2.22. The average molecular weight is 459 g/mol. The van der Waals surface area contributed by atoms with E-state index in [0.717, 1.165) is 31.4 Å². The number of para-hydroxylation sites is 1. The molecule has 1 unspecified atom stereocenters. The van der Waals surface area contributed by atoms with E-state index >= 15 is 0 Å². The summed E-state index contributed by atoms with van der Waals surface area (Å²) in [7, 11) is -3.69. The molecule has 1 atom stereocenters. The van der Waals surface area contributed by atoms with Crippen LogP contribution in [0.4, 0.5) is 0 Å². The number of hydrogen-bond donors (Lipinski definition) is 1. The third-order valence-corrected chi connectivity index (χ3v) is 7.47. The van der Waals surface area contributed by atoms with Gasteiger partial charge in [0.1, 0.15) is 5.75 Å². The Hall–Kier alpha value is -2.42. The lowest BCUT2D eigenvalue weighted by Crippen LogP contribution is -2.39. The molecule has 1 N–H and O–H groups in total. The second-order valence-corrected chi connectivity index (χ2v) is 10.1. The van der Waals surface area contributed by atoms with Gasteiger partial charge in [-0.15, -0.1) is 0 Å². The minimum absolute atomic E-state index is 0.0817. The Balaban J connectivity index is 1.30. The molecule has 0 radical (unpaired) electrons. The largest absolute Gasteiger partial charge is 0.493 e. The minimum Gasteiger partial charge on any atom is -0.493 e. The number of ether oxygens (including phenoxy) is 2. The summed E-state index contributed by atoms with van der Waals surface area (Å²) in [6.45, 7) is 2.83. The molecular formula is C24H30N2O5S. The van der Waals surface area contributed by atoms with Gasteiger partial charge in [-0.1, -0.05) is 24.3 Å². The third kappa shape index (κ3) is 5.88. The van der Waals surface area contributed by atoms with E-state index in [1.54, 1.807) is 17.0 Å². The average Bonchev–Trinajstić information content (AvgIpc) is 3.36. The fourth-order valence-electron chi connectivity index (χ4n) is 4.10. The zero-order chi connectivity index (χ0) is 22.4. The van der Waals surface area contributed by atoms with Crippen molar-refractivity contribution in [1.82, 2.24) is 9.62 Å². The number of benzene rings is 2. The lowest BCUT2D eigenvalue weighted by Gasteiger charge is -2.32. The lowest BCUT2D eigenvalue weighted by atomic mass is 9.97. The number of likely N-dealkylation sites (tertiary alicyclic amines) is 1. The number of amides is 1. The maximum atomic E-state index is 13.0. The van der Waals surface area contributed by atoms with Crippen molar-refractivity contribution in [3.05, 3.63) is 60.2 Å². The lowest BCUT2D eigenvalue weighted by molar-refractivity contribution is 0.0661. The van der Waals surface area contributed by atoms with E-state index in [2.05, 4.69) is 4.72 Å². The number of carbonyl (C=O) groups is 1. The van der Waals surface area contributed by atoms with Crippen LogP contribution in [0.5, 0.6) is 5.75 Å². The first kappa shape index (κ1) is 22.8. The smallest absolute Gasteiger partial charge is 0.253 e. The van der Waals surface area contributed by atoms with Crippen molar-refractivity contribution in [3.8, 4) is 5.75 Å². The summed E-state index contributed by atoms with van der Waals surface area (Å²) >= 11 is 0. The molecule has 8 heteroatoms. The van der Waals surface area contributed by atoms with Crippen LogP contribution in [-0.4, -0.2) is 58.2 Å². The number of carbonyl (C=O) groups excluding carboxylic acids is 1. The summed E-state index contributed by atoms with van der Waals surface area (Å²) in [5.41, 5.74) is 0.393. The van der Waals surface area contributed by atoms with Crippen molar-refractivity contribution in [1.29, 1.82) is 0 Å². The SMILES string of the molecule is O=C(c1cccc(S(=O)(=O)NCC2CCCO2)c1)N1CCC(COc2ccccc2)CC1. The molecule has 2 aromatic carbocycles. The van der Waals surface area contributed by atoms with Crippen LogP contribution < -0.4 is 9.46 Å². The van der Waals surface area contributed by atoms with Crippen LogP contribution in [0.15, 0.2) is 59.5 Å². The van der Waals surface area contributed by atoms with Crippen LogP contribution in [-0.2, 0) is 14.8 Å². The maximum Gasteiger partial charge on any atom is 0.253 e. The highest BCUT2D eigenvalue weighted by atomic mass is 32.2. The van der Waals surface area contributed by atoms with Crippen molar-refractivity contribution in [2.24, 2.45) is 5.92 Å². The molecule has 0 saturated carbocycles. The van der Waals surface area contributed by atoms with Gasteiger partial charge in [-0.05, 0) is 61.9 Å². The first-order valence-corrected chi connectivity index (χ1v) is 12.7. The van der Waals surface area contributed by atoms with Crippen LogP contribution in [0.1, 0.15) is 36.0 Å². The topological polar surface area (TPSA) is 84.9 Å². The second-order valence-electron chi connectivity index (χ2n) is 8.37. The molecule has 32 heavy (non-hydrogen) atoms. The van der Waals surface area contributed by atoms with Crippen LogP contribution >= 0.6 is 0 Å². The van der Waals surface area contributed by atoms with Crippen molar-refractivity contribution in [2.45, 2.75) is 36.7 Å². The fourth-order valence-corrected chi connectivity index (χ4v) is 5.22. The van der Waals surface area contributed by atoms with E-state index < -0.39 is 10.0 Å². The Morgan fingerprint density at radius 2 is 1.84 bits per heavy atom. The van der Waals surface area contributed by atoms with Crippen molar-refractivity contribution < 1.29 is 22.7 Å². The third-order valence-electron chi connectivity index (χ3n) is 6.05. The summed E-state index contributed by atoms with van der Waals surface area (Å²) in [6.07, 6.45) is 3.44. The van der Waals surface area contributed by atoms with Gasteiger partial charge in [0.2, 0.25) is 10.0 Å². The van der Waals surface area contributed by atoms with E-state index in [-0.39, 0.29) is 23.5 Å². The van der Waals surface area contributed by atoms with Gasteiger partial charge in [0.05, 0.1) is 17.6 Å². The van der Waals surface area contributed by atoms with Crippen LogP contribution in [0.2, 0.25) is 0 Å². The molecule has 0 aliphatic carbocycles. The molecule has 2 aromatic rings. The molecule has 1 amide bonds. The van der Waals surface area contributed by atoms with E-state index in [0.29, 0.717) is 37.8 Å². The van der Waals surface area contributed by atoms with E-state index in [9.17, 15) is 13.2 Å². The van der Waals surface area contributed by atoms with Crippen molar-refractivity contribution in [3.63, 3.8) is 0 Å². The quantitative estimate of drug-likeness (QED) is 0.657. The Labute approximate surface area is 189 Å². The van der Waals surface area contributed by atoms with Crippen molar-refractivity contribution in [2.75, 3.05) is 32.8 Å². The number of sulfonamides is 1. The summed E-state index contributed by atoms with van der Waals surface area (Å²) in [5, 5.41) is 0. The van der Waals surface area contributed by atoms with Gasteiger partial charge >= 0.3 is 0 Å². The second kappa shape index (κ2) is 10.5. The van der Waals surface area contributed by atoms with Gasteiger partial charge in [0.15, 0.2) is 0 Å². The molecule has 7 nitrogen and oxygen atoms in total. The van der Waals surface area contributed by atoms with E-state index in [1.807, 2.05) is 30.3 Å². The predicted molar refractivity (Wildman–Crippen MR) is 121 cm³/mol. The number of nitrogens with one attached hydrogen (secondary N) is 1. The minimum atomic E-state index is -3.69. The molecule has 2 aliphatic rings. The van der Waals surface area contributed by atoms with Crippen LogP contribution in [0.25, 0.3) is 0 Å². The Kier molecular flexibility index (Phi) is 7.44. The van der Waals surface area contributed by atoms with Gasteiger partial charge in [-0.3, -0.25) is 4.79 Å². The molecule has 0 aromatic heterocycles. The summed E-state index contributed by atoms with van der Waals surface area (Å²) in [5.74, 6) is 1.12. The number of nitrogens with zero attached hydrogens (tertiary/aromatic N) is 1. The first-order chi connectivity index (χ1) is 15.5. The Bertz CT molecular complexity index is 998. The number of piperidine rings is 1. The molecular weight excluding hydrogens is 428 g/mol. The van der Waals surface area contributed by atoms with Gasteiger partial charge in [0, 0.05) is 31.8 Å². The molecule has 2 aliphatic heterocycles. The number of hydrogen-bond acceptors (Lipinski definition) is 5. The Morgan fingerprint density at radius 1 is 1.06 bits per heavy atom. The summed E-state index contributed by atoms with van der Waals surface area (Å²) < 4.78 is 39.3. The first-order valence-electron chi connectivity index (χ1n) is 11.2. The highest BCUT2D eigenvalue weighted by Gasteiger charge is 2.26. The monoisotopic (exact) mass is 458 g/mol. The molecule has 0 bridgehead atoms. The maximum absolute atomic E-state index is 13.0. The van der Waals surface area contributed by atoms with E-state index in [4.69, 9.17) is 9.47 Å². The molecule has 2 fully saturated rings. The summed E-state index contributed by atoms with van der Waals surface area (Å²) in [4.78, 5) is 14.9. The molecule has 4 rings (SSSR count). The standard InChI is InChI=1S/C24H30N2O5S/c27-24(26-13-11-19(12-14-26)18-31-21-7-2-1-3-8-21)20-6-4-10-23(16-20)32(28,29)25-17-22-9-5-15-30-22/h1-4,6-8,10,16,19,22,25H,5,9,11-15,17-18H2. The van der Waals surface area contributed by atoms with Gasteiger partial charge in [-0.2, -0.15) is 0 Å². The van der Waals surface area contributed by atoms with E-state index in [1.165, 1.54) is 12.1 Å². The predicted octanol–water partition coefficient (Wildman–Crippen LogP) is 3.08. The van der Waals surface area contributed by atoms with Gasteiger partial charge in [0.25, 0.3) is 5.91 Å². The van der Waals surface area contributed by atoms with Gasteiger partial charge in [-0.25, -0.2) is 13.1 Å². The van der Waals surface area contributed by atoms with Crippen LogP contribution in [0, 0.1) is 5.92 Å². The van der Waals surface area contributed by atoms with Crippen LogP contribution in [0.3, 0.4) is 0 Å². The molecule has 0 spiro atoms. The number of rotatable bonds is 8. The zero-order valence-electron chi connectivity index (χ0n) is 18.1. The molecule has 2 heterocycles. The Morgan fingerprint density at radius 3 is 2.56 bits per heavy atom. The molecule has 172 valence electrons. The zero-order valence-corrected chi connectivity index (χ0v) is 18.9. The summed E-state index contributed by atoms with van der Waals surface area (Å²) in [6, 6.07) is 16.0. The van der Waals surface area contributed by atoms with Gasteiger partial charge < -0.3 is 14.4 Å². The van der Waals surface area contributed by atoms with Crippen molar-refractivity contribution >= 4 is 15.9 Å². The normalized spacial score (nSPS) is 19.8. The highest BCUT2D eigenvalue weighted by molar-refractivity contribution is 7.89. The fraction of sp³-hybridized carbons (Fsp3) is 0.458.